The minimum absolute atomic E-state index is 0.0439. The fourth-order valence-electron chi connectivity index (χ4n) is 10.8. The van der Waals surface area contributed by atoms with Crippen LogP contribution >= 0.6 is 0 Å². The third kappa shape index (κ3) is 56.5. The van der Waals surface area contributed by atoms with Crippen LogP contribution in [0.4, 0.5) is 0 Å². The molecule has 0 aliphatic heterocycles. The van der Waals surface area contributed by atoms with Gasteiger partial charge in [-0.3, -0.25) is 4.79 Å². The number of aliphatic hydroxyl groups excluding tert-OH is 3. The van der Waals surface area contributed by atoms with Gasteiger partial charge in [0.25, 0.3) is 0 Å². The van der Waals surface area contributed by atoms with E-state index in [0.717, 1.165) is 25.7 Å². The summed E-state index contributed by atoms with van der Waals surface area (Å²) >= 11 is 0. The summed E-state index contributed by atoms with van der Waals surface area (Å²) in [5.74, 6) is -0.273. The molecule has 0 spiro atoms. The predicted octanol–water partition coefficient (Wildman–Crippen LogP) is 20.5. The molecule has 3 unspecified atom stereocenters. The van der Waals surface area contributed by atoms with Crippen LogP contribution in [-0.2, 0) is 4.79 Å². The van der Waals surface area contributed by atoms with Crippen molar-refractivity contribution in [2.75, 3.05) is 6.61 Å². The van der Waals surface area contributed by atoms with Crippen LogP contribution in [0.2, 0.25) is 0 Å². The van der Waals surface area contributed by atoms with Crippen molar-refractivity contribution in [2.24, 2.45) is 0 Å². The van der Waals surface area contributed by atoms with E-state index in [9.17, 15) is 20.1 Å². The van der Waals surface area contributed by atoms with Crippen molar-refractivity contribution in [1.82, 2.24) is 5.32 Å². The average Bonchev–Trinajstić information content (AvgIpc) is 3.35. The number of amides is 1. The maximum Gasteiger partial charge on any atom is 0.222 e. The minimum atomic E-state index is -0.746. The Bertz CT molecular complexity index is 944. The molecule has 0 aromatic carbocycles. The van der Waals surface area contributed by atoms with Gasteiger partial charge in [-0.05, 0) is 12.8 Å². The average molecular weight is 977 g/mol. The molecule has 414 valence electrons. The number of carbonyl (C=O) groups is 1. The van der Waals surface area contributed by atoms with E-state index in [1.807, 2.05) is 0 Å². The summed E-state index contributed by atoms with van der Waals surface area (Å²) in [5, 5.41) is 33.8. The van der Waals surface area contributed by atoms with Gasteiger partial charge in [0.1, 0.15) is 0 Å². The number of unbranched alkanes of at least 4 members (excludes halogenated alkanes) is 52. The van der Waals surface area contributed by atoms with E-state index in [2.05, 4.69) is 19.2 Å². The maximum absolute atomic E-state index is 12.6. The molecule has 0 radical (unpaired) electrons. The second-order valence-corrected chi connectivity index (χ2v) is 22.7. The summed E-state index contributed by atoms with van der Waals surface area (Å²) in [4.78, 5) is 12.6. The lowest BCUT2D eigenvalue weighted by atomic mass is 10.0. The van der Waals surface area contributed by atoms with Crippen molar-refractivity contribution in [3.8, 4) is 0 Å². The molecule has 4 N–H and O–H groups in total. The zero-order valence-electron chi connectivity index (χ0n) is 47.5. The minimum Gasteiger partial charge on any atom is -0.394 e. The molecule has 0 aromatic rings. The Morgan fingerprint density at radius 3 is 0.696 bits per heavy atom. The van der Waals surface area contributed by atoms with Gasteiger partial charge in [-0.25, -0.2) is 0 Å². The Kier molecular flexibility index (Phi) is 59.3. The van der Waals surface area contributed by atoms with E-state index >= 15 is 0 Å². The summed E-state index contributed by atoms with van der Waals surface area (Å²) in [5.41, 5.74) is 0. The number of hydrogen-bond acceptors (Lipinski definition) is 4. The third-order valence-corrected chi connectivity index (χ3v) is 15.7. The van der Waals surface area contributed by atoms with Crippen LogP contribution in [0.1, 0.15) is 380 Å². The quantitative estimate of drug-likeness (QED) is 0.0457. The van der Waals surface area contributed by atoms with E-state index in [4.69, 9.17) is 0 Å². The van der Waals surface area contributed by atoms with Crippen molar-refractivity contribution >= 4 is 5.91 Å². The largest absolute Gasteiger partial charge is 0.394 e. The van der Waals surface area contributed by atoms with Crippen molar-refractivity contribution in [3.63, 3.8) is 0 Å². The highest BCUT2D eigenvalue weighted by Gasteiger charge is 2.21. The van der Waals surface area contributed by atoms with Crippen LogP contribution in [0.15, 0.2) is 0 Å². The van der Waals surface area contributed by atoms with Gasteiger partial charge in [0.15, 0.2) is 0 Å². The molecular weight excluding hydrogens is 847 g/mol. The Morgan fingerprint density at radius 2 is 0.493 bits per heavy atom. The smallest absolute Gasteiger partial charge is 0.222 e. The molecule has 0 saturated heterocycles. The maximum atomic E-state index is 12.6. The Balaban J connectivity index is 3.44. The molecule has 3 atom stereocenters. The van der Waals surface area contributed by atoms with Crippen LogP contribution < -0.4 is 5.32 Å². The molecular formula is C64H129NO4. The topological polar surface area (TPSA) is 89.8 Å². The lowest BCUT2D eigenvalue weighted by Crippen LogP contribution is -2.46. The van der Waals surface area contributed by atoms with Crippen LogP contribution in [-0.4, -0.2) is 46.1 Å². The van der Waals surface area contributed by atoms with Gasteiger partial charge in [-0.1, -0.05) is 361 Å². The van der Waals surface area contributed by atoms with Gasteiger partial charge in [-0.15, -0.1) is 0 Å². The Morgan fingerprint density at radius 1 is 0.304 bits per heavy atom. The lowest BCUT2D eigenvalue weighted by Gasteiger charge is -2.23. The van der Waals surface area contributed by atoms with Gasteiger partial charge in [-0.2, -0.15) is 0 Å². The molecule has 5 heteroatoms. The fraction of sp³-hybridized carbons (Fsp3) is 0.984. The molecule has 0 fully saturated rings. The van der Waals surface area contributed by atoms with Crippen molar-refractivity contribution in [3.05, 3.63) is 0 Å². The summed E-state index contributed by atoms with van der Waals surface area (Å²) in [7, 11) is 0. The van der Waals surface area contributed by atoms with Crippen molar-refractivity contribution in [2.45, 2.75) is 398 Å². The van der Waals surface area contributed by atoms with Gasteiger partial charge in [0, 0.05) is 0 Å². The van der Waals surface area contributed by atoms with E-state index in [1.165, 1.54) is 321 Å². The third-order valence-electron chi connectivity index (χ3n) is 15.7. The molecule has 0 bridgehead atoms. The van der Waals surface area contributed by atoms with Crippen LogP contribution in [0.5, 0.6) is 0 Å². The second kappa shape index (κ2) is 59.9. The molecule has 0 saturated carbocycles. The summed E-state index contributed by atoms with van der Waals surface area (Å²) in [6.07, 6.45) is 74.4. The Hall–Kier alpha value is -0.650. The molecule has 0 rings (SSSR count). The highest BCUT2D eigenvalue weighted by atomic mass is 16.3. The zero-order valence-corrected chi connectivity index (χ0v) is 47.5. The monoisotopic (exact) mass is 976 g/mol. The molecule has 0 aliphatic rings. The highest BCUT2D eigenvalue weighted by molar-refractivity contribution is 5.76. The highest BCUT2D eigenvalue weighted by Crippen LogP contribution is 2.20. The van der Waals surface area contributed by atoms with Gasteiger partial charge in [0.2, 0.25) is 5.91 Å². The van der Waals surface area contributed by atoms with Crippen LogP contribution in [0, 0.1) is 0 Å². The first-order valence-electron chi connectivity index (χ1n) is 32.3. The standard InChI is InChI=1S/C64H129NO4/c1-3-5-7-9-11-13-15-17-19-21-23-25-27-28-29-30-31-32-33-34-36-37-39-41-43-45-47-49-51-53-55-57-61(67)59-64(69)65-62(60-66)63(68)58-56-54-52-50-48-46-44-42-40-38-35-26-24-22-20-18-16-14-12-10-8-6-4-2/h61-63,66-68H,3-60H2,1-2H3,(H,65,69). The first-order valence-corrected chi connectivity index (χ1v) is 32.3. The van der Waals surface area contributed by atoms with Gasteiger partial charge >= 0.3 is 0 Å². The van der Waals surface area contributed by atoms with Crippen LogP contribution in [0.25, 0.3) is 0 Å². The van der Waals surface area contributed by atoms with E-state index in [1.54, 1.807) is 0 Å². The number of aliphatic hydroxyl groups is 3. The summed E-state index contributed by atoms with van der Waals surface area (Å²) in [6.45, 7) is 4.32. The SMILES string of the molecule is CCCCCCCCCCCCCCCCCCCCCCCCCCCCCCCCCC(O)CC(=O)NC(CO)C(O)CCCCCCCCCCCCCCCCCCCCCCCCC. The van der Waals surface area contributed by atoms with Crippen LogP contribution in [0.3, 0.4) is 0 Å². The first kappa shape index (κ1) is 68.4. The number of nitrogens with one attached hydrogen (secondary N) is 1. The van der Waals surface area contributed by atoms with Crippen molar-refractivity contribution in [1.29, 1.82) is 0 Å². The predicted molar refractivity (Wildman–Crippen MR) is 306 cm³/mol. The number of rotatable bonds is 61. The number of hydrogen-bond donors (Lipinski definition) is 4. The molecule has 0 aliphatic carbocycles. The van der Waals surface area contributed by atoms with Crippen molar-refractivity contribution < 1.29 is 20.1 Å². The molecule has 0 aromatic heterocycles. The van der Waals surface area contributed by atoms with Gasteiger partial charge in [0.05, 0.1) is 31.3 Å². The fourth-order valence-corrected chi connectivity index (χ4v) is 10.8. The summed E-state index contributed by atoms with van der Waals surface area (Å²) < 4.78 is 0. The van der Waals surface area contributed by atoms with E-state index in [0.29, 0.717) is 12.8 Å². The van der Waals surface area contributed by atoms with E-state index < -0.39 is 18.2 Å². The molecule has 5 nitrogen and oxygen atoms in total. The Labute approximate surface area is 434 Å². The van der Waals surface area contributed by atoms with Gasteiger partial charge < -0.3 is 20.6 Å². The molecule has 0 heterocycles. The second-order valence-electron chi connectivity index (χ2n) is 22.7. The number of carbonyl (C=O) groups excluding carboxylic acids is 1. The normalized spacial score (nSPS) is 13.1. The summed E-state index contributed by atoms with van der Waals surface area (Å²) in [6, 6.07) is -0.655. The first-order chi connectivity index (χ1) is 34.0. The lowest BCUT2D eigenvalue weighted by molar-refractivity contribution is -0.125. The molecule has 1 amide bonds. The van der Waals surface area contributed by atoms with E-state index in [-0.39, 0.29) is 18.9 Å². The zero-order chi connectivity index (χ0) is 50.0. The molecule has 69 heavy (non-hydrogen) atoms.